The standard InChI is InChI=1S/C11H15NO3/c1-3-10(12(14)15)11(2,13)9-7-5-4-6-8-9/h4-8,10,13H,3H2,1-2H3. The van der Waals surface area contributed by atoms with Gasteiger partial charge in [0.15, 0.2) is 5.60 Å². The fourth-order valence-corrected chi connectivity index (χ4v) is 1.72. The molecule has 82 valence electrons. The molecule has 2 atom stereocenters. The van der Waals surface area contributed by atoms with Crippen molar-refractivity contribution < 1.29 is 10.0 Å². The van der Waals surface area contributed by atoms with Crippen LogP contribution in [0.5, 0.6) is 0 Å². The van der Waals surface area contributed by atoms with E-state index in [0.29, 0.717) is 12.0 Å². The van der Waals surface area contributed by atoms with Crippen LogP contribution >= 0.6 is 0 Å². The highest BCUT2D eigenvalue weighted by Crippen LogP contribution is 2.27. The lowest BCUT2D eigenvalue weighted by atomic mass is 9.87. The van der Waals surface area contributed by atoms with E-state index < -0.39 is 16.6 Å². The lowest BCUT2D eigenvalue weighted by molar-refractivity contribution is -0.547. The lowest BCUT2D eigenvalue weighted by Crippen LogP contribution is -2.41. The van der Waals surface area contributed by atoms with E-state index in [2.05, 4.69) is 0 Å². The van der Waals surface area contributed by atoms with Gasteiger partial charge in [-0.1, -0.05) is 37.3 Å². The Labute approximate surface area is 88.7 Å². The van der Waals surface area contributed by atoms with Gasteiger partial charge in [0.25, 0.3) is 0 Å². The van der Waals surface area contributed by atoms with Crippen LogP contribution < -0.4 is 0 Å². The Kier molecular flexibility index (Phi) is 3.42. The summed E-state index contributed by atoms with van der Waals surface area (Å²) in [6.45, 7) is 3.18. The molecule has 0 heterocycles. The monoisotopic (exact) mass is 209 g/mol. The van der Waals surface area contributed by atoms with Crippen LogP contribution in [0.25, 0.3) is 0 Å². The van der Waals surface area contributed by atoms with Gasteiger partial charge in [0.2, 0.25) is 6.04 Å². The Bertz CT molecular complexity index is 335. The molecule has 0 radical (unpaired) electrons. The summed E-state index contributed by atoms with van der Waals surface area (Å²) in [5, 5.41) is 21.0. The molecule has 0 aliphatic carbocycles. The third-order valence-corrected chi connectivity index (χ3v) is 2.65. The number of hydrogen-bond donors (Lipinski definition) is 1. The van der Waals surface area contributed by atoms with E-state index in [0.717, 1.165) is 0 Å². The van der Waals surface area contributed by atoms with Crippen LogP contribution in [0.1, 0.15) is 25.8 Å². The van der Waals surface area contributed by atoms with E-state index in [4.69, 9.17) is 0 Å². The molecular weight excluding hydrogens is 194 g/mol. The van der Waals surface area contributed by atoms with E-state index in [9.17, 15) is 15.2 Å². The minimum Gasteiger partial charge on any atom is -0.378 e. The second-order valence-electron chi connectivity index (χ2n) is 3.72. The molecular formula is C11H15NO3. The van der Waals surface area contributed by atoms with Crippen LogP contribution in [-0.4, -0.2) is 16.1 Å². The van der Waals surface area contributed by atoms with Gasteiger partial charge in [-0.2, -0.15) is 0 Å². The third-order valence-electron chi connectivity index (χ3n) is 2.65. The second-order valence-corrected chi connectivity index (χ2v) is 3.72. The molecule has 0 amide bonds. The van der Waals surface area contributed by atoms with Crippen molar-refractivity contribution in [3.63, 3.8) is 0 Å². The fourth-order valence-electron chi connectivity index (χ4n) is 1.72. The molecule has 0 bridgehead atoms. The highest BCUT2D eigenvalue weighted by atomic mass is 16.6. The molecule has 0 spiro atoms. The summed E-state index contributed by atoms with van der Waals surface area (Å²) in [6.07, 6.45) is 0.300. The Morgan fingerprint density at radius 2 is 2.00 bits per heavy atom. The van der Waals surface area contributed by atoms with Crippen molar-refractivity contribution in [3.05, 3.63) is 46.0 Å². The quantitative estimate of drug-likeness (QED) is 0.609. The van der Waals surface area contributed by atoms with Crippen molar-refractivity contribution in [2.45, 2.75) is 31.9 Å². The van der Waals surface area contributed by atoms with Crippen molar-refractivity contribution in [1.29, 1.82) is 0 Å². The topological polar surface area (TPSA) is 63.4 Å². The zero-order valence-electron chi connectivity index (χ0n) is 8.88. The minimum atomic E-state index is -1.42. The summed E-state index contributed by atoms with van der Waals surface area (Å²) in [6, 6.07) is 7.76. The summed E-state index contributed by atoms with van der Waals surface area (Å²) in [4.78, 5) is 10.4. The van der Waals surface area contributed by atoms with Gasteiger partial charge in [0, 0.05) is 11.3 Å². The summed E-state index contributed by atoms with van der Waals surface area (Å²) >= 11 is 0. The summed E-state index contributed by atoms with van der Waals surface area (Å²) in [7, 11) is 0. The van der Waals surface area contributed by atoms with Crippen LogP contribution in [-0.2, 0) is 5.60 Å². The third kappa shape index (κ3) is 2.33. The molecule has 4 nitrogen and oxygen atoms in total. The molecule has 15 heavy (non-hydrogen) atoms. The highest BCUT2D eigenvalue weighted by Gasteiger charge is 2.41. The fraction of sp³-hybridized carbons (Fsp3) is 0.455. The summed E-state index contributed by atoms with van der Waals surface area (Å²) < 4.78 is 0. The number of benzene rings is 1. The maximum Gasteiger partial charge on any atom is 0.244 e. The van der Waals surface area contributed by atoms with Crippen molar-refractivity contribution in [2.24, 2.45) is 0 Å². The normalized spacial score (nSPS) is 16.7. The van der Waals surface area contributed by atoms with Crippen molar-refractivity contribution in [2.75, 3.05) is 0 Å². The van der Waals surface area contributed by atoms with Gasteiger partial charge in [-0.25, -0.2) is 0 Å². The predicted molar refractivity (Wildman–Crippen MR) is 57.1 cm³/mol. The SMILES string of the molecule is CCC([N+](=O)[O-])C(C)(O)c1ccccc1. The molecule has 0 saturated carbocycles. The first-order valence-electron chi connectivity index (χ1n) is 4.91. The molecule has 1 aromatic rings. The second kappa shape index (κ2) is 4.40. The average molecular weight is 209 g/mol. The van der Waals surface area contributed by atoms with Gasteiger partial charge in [0.1, 0.15) is 0 Å². The first-order chi connectivity index (χ1) is 7.00. The Balaban J connectivity index is 3.05. The molecule has 0 aromatic heterocycles. The van der Waals surface area contributed by atoms with Crippen LogP contribution in [0.4, 0.5) is 0 Å². The van der Waals surface area contributed by atoms with Gasteiger partial charge in [0.05, 0.1) is 0 Å². The van der Waals surface area contributed by atoms with Gasteiger partial charge in [-0.05, 0) is 12.5 Å². The first-order valence-corrected chi connectivity index (χ1v) is 4.91. The van der Waals surface area contributed by atoms with E-state index in [1.807, 2.05) is 6.07 Å². The Hall–Kier alpha value is -1.42. The first kappa shape index (κ1) is 11.7. The predicted octanol–water partition coefficient (Wildman–Crippen LogP) is 1.95. The highest BCUT2D eigenvalue weighted by molar-refractivity contribution is 5.22. The molecule has 4 heteroatoms. The molecule has 1 aromatic carbocycles. The van der Waals surface area contributed by atoms with Gasteiger partial charge >= 0.3 is 0 Å². The number of aliphatic hydroxyl groups is 1. The Morgan fingerprint density at radius 3 is 2.40 bits per heavy atom. The van der Waals surface area contributed by atoms with E-state index >= 15 is 0 Å². The zero-order valence-corrected chi connectivity index (χ0v) is 8.88. The molecule has 1 N–H and O–H groups in total. The summed E-state index contributed by atoms with van der Waals surface area (Å²) in [5.74, 6) is 0. The molecule has 0 saturated heterocycles. The maximum absolute atomic E-state index is 10.8. The number of rotatable bonds is 4. The smallest absolute Gasteiger partial charge is 0.244 e. The molecule has 0 fully saturated rings. The van der Waals surface area contributed by atoms with Crippen LogP contribution in [0.2, 0.25) is 0 Å². The number of nitrogens with zero attached hydrogens (tertiary/aromatic N) is 1. The van der Waals surface area contributed by atoms with Crippen molar-refractivity contribution in [1.82, 2.24) is 0 Å². The van der Waals surface area contributed by atoms with E-state index in [1.165, 1.54) is 6.92 Å². The molecule has 0 aliphatic rings. The maximum atomic E-state index is 10.8. The van der Waals surface area contributed by atoms with Crippen LogP contribution in [0.3, 0.4) is 0 Å². The zero-order chi connectivity index (χ0) is 11.5. The largest absolute Gasteiger partial charge is 0.378 e. The van der Waals surface area contributed by atoms with Gasteiger partial charge < -0.3 is 5.11 Å². The number of hydrogen-bond acceptors (Lipinski definition) is 3. The Morgan fingerprint density at radius 1 is 1.47 bits per heavy atom. The van der Waals surface area contributed by atoms with Gasteiger partial charge in [-0.3, -0.25) is 10.1 Å². The van der Waals surface area contributed by atoms with E-state index in [1.54, 1.807) is 31.2 Å². The minimum absolute atomic E-state index is 0.300. The average Bonchev–Trinajstić information content (AvgIpc) is 2.19. The summed E-state index contributed by atoms with van der Waals surface area (Å²) in [5.41, 5.74) is -0.840. The van der Waals surface area contributed by atoms with Gasteiger partial charge in [-0.15, -0.1) is 0 Å². The van der Waals surface area contributed by atoms with Crippen LogP contribution in [0, 0.1) is 10.1 Å². The number of nitro groups is 1. The molecule has 1 rings (SSSR count). The lowest BCUT2D eigenvalue weighted by Gasteiger charge is -2.26. The molecule has 2 unspecified atom stereocenters. The van der Waals surface area contributed by atoms with E-state index in [-0.39, 0.29) is 0 Å². The van der Waals surface area contributed by atoms with Crippen molar-refractivity contribution >= 4 is 0 Å². The van der Waals surface area contributed by atoms with Crippen LogP contribution in [0.15, 0.2) is 30.3 Å². The van der Waals surface area contributed by atoms with Crippen molar-refractivity contribution in [3.8, 4) is 0 Å². The molecule has 0 aliphatic heterocycles.